The van der Waals surface area contributed by atoms with E-state index in [-0.39, 0.29) is 17.0 Å². The van der Waals surface area contributed by atoms with E-state index >= 15 is 0 Å². The Labute approximate surface area is 131 Å². The summed E-state index contributed by atoms with van der Waals surface area (Å²) < 4.78 is 5.36. The normalized spacial score (nSPS) is 16.3. The second-order valence-corrected chi connectivity index (χ2v) is 5.64. The van der Waals surface area contributed by atoms with E-state index in [0.717, 1.165) is 26.3 Å². The van der Waals surface area contributed by atoms with Crippen molar-refractivity contribution in [3.8, 4) is 0 Å². The second kappa shape index (κ2) is 14.8. The van der Waals surface area contributed by atoms with Gasteiger partial charge in [-0.15, -0.1) is 17.0 Å². The molecule has 0 saturated carbocycles. The Morgan fingerprint density at radius 3 is 1.74 bits per heavy atom. The summed E-state index contributed by atoms with van der Waals surface area (Å²) in [5.41, 5.74) is 0. The molecule has 0 spiro atoms. The molecule has 0 atom stereocenters. The number of hydrogen-bond donors (Lipinski definition) is 0. The van der Waals surface area contributed by atoms with Crippen LogP contribution in [0.15, 0.2) is 0 Å². The van der Waals surface area contributed by atoms with Gasteiger partial charge in [0.25, 0.3) is 0 Å². The first-order chi connectivity index (χ1) is 8.93. The SMILES string of the molecule is Br.CCCCCCCCCCCCN1CCOCC1. The van der Waals surface area contributed by atoms with Gasteiger partial charge in [0.05, 0.1) is 13.2 Å². The molecule has 116 valence electrons. The highest BCUT2D eigenvalue weighted by molar-refractivity contribution is 8.93. The Kier molecular flexibility index (Phi) is 15.1. The summed E-state index contributed by atoms with van der Waals surface area (Å²) in [5.74, 6) is 0. The van der Waals surface area contributed by atoms with Crippen molar-refractivity contribution in [2.75, 3.05) is 32.8 Å². The average molecular weight is 336 g/mol. The minimum Gasteiger partial charge on any atom is -0.379 e. The van der Waals surface area contributed by atoms with Crippen LogP contribution in [-0.2, 0) is 4.74 Å². The monoisotopic (exact) mass is 335 g/mol. The van der Waals surface area contributed by atoms with Crippen LogP contribution in [-0.4, -0.2) is 37.7 Å². The van der Waals surface area contributed by atoms with Crippen molar-refractivity contribution in [2.45, 2.75) is 71.1 Å². The molecule has 0 amide bonds. The third-order valence-electron chi connectivity index (χ3n) is 3.93. The molecule has 0 aromatic heterocycles. The molecule has 1 rings (SSSR count). The Bertz CT molecular complexity index is 172. The summed E-state index contributed by atoms with van der Waals surface area (Å²) in [5, 5.41) is 0. The van der Waals surface area contributed by atoms with Crippen molar-refractivity contribution in [2.24, 2.45) is 0 Å². The highest BCUT2D eigenvalue weighted by Gasteiger charge is 2.08. The molecule has 2 nitrogen and oxygen atoms in total. The third kappa shape index (κ3) is 11.9. The van der Waals surface area contributed by atoms with E-state index in [4.69, 9.17) is 4.74 Å². The van der Waals surface area contributed by atoms with Gasteiger partial charge < -0.3 is 4.74 Å². The van der Waals surface area contributed by atoms with Gasteiger partial charge in [0.1, 0.15) is 0 Å². The maximum Gasteiger partial charge on any atom is 0.0594 e. The fraction of sp³-hybridized carbons (Fsp3) is 1.00. The maximum absolute atomic E-state index is 5.36. The van der Waals surface area contributed by atoms with Crippen LogP contribution >= 0.6 is 17.0 Å². The molecule has 0 bridgehead atoms. The van der Waals surface area contributed by atoms with Gasteiger partial charge in [-0.25, -0.2) is 0 Å². The Morgan fingerprint density at radius 2 is 1.21 bits per heavy atom. The van der Waals surface area contributed by atoms with Crippen LogP contribution in [0.2, 0.25) is 0 Å². The Hall–Kier alpha value is 0.400. The zero-order valence-electron chi connectivity index (χ0n) is 12.9. The van der Waals surface area contributed by atoms with Gasteiger partial charge in [-0.05, 0) is 13.0 Å². The van der Waals surface area contributed by atoms with E-state index in [1.165, 1.54) is 70.8 Å². The van der Waals surface area contributed by atoms with Crippen molar-refractivity contribution < 1.29 is 4.74 Å². The van der Waals surface area contributed by atoms with E-state index in [2.05, 4.69) is 11.8 Å². The molecular formula is C16H34BrNO. The summed E-state index contributed by atoms with van der Waals surface area (Å²) in [4.78, 5) is 2.55. The van der Waals surface area contributed by atoms with Gasteiger partial charge in [-0.2, -0.15) is 0 Å². The molecule has 0 N–H and O–H groups in total. The minimum atomic E-state index is 0. The average Bonchev–Trinajstić information content (AvgIpc) is 2.42. The number of morpholine rings is 1. The van der Waals surface area contributed by atoms with Crippen LogP contribution in [0.25, 0.3) is 0 Å². The molecule has 0 unspecified atom stereocenters. The molecule has 1 saturated heterocycles. The quantitative estimate of drug-likeness (QED) is 0.502. The van der Waals surface area contributed by atoms with Crippen molar-refractivity contribution in [1.29, 1.82) is 0 Å². The van der Waals surface area contributed by atoms with Gasteiger partial charge in [0.2, 0.25) is 0 Å². The van der Waals surface area contributed by atoms with Crippen LogP contribution in [0.4, 0.5) is 0 Å². The van der Waals surface area contributed by atoms with E-state index < -0.39 is 0 Å². The summed E-state index contributed by atoms with van der Waals surface area (Å²) in [6.07, 6.45) is 14.3. The number of rotatable bonds is 11. The highest BCUT2D eigenvalue weighted by atomic mass is 79.9. The fourth-order valence-corrected chi connectivity index (χ4v) is 2.65. The first-order valence-electron chi connectivity index (χ1n) is 8.23. The van der Waals surface area contributed by atoms with Crippen LogP contribution in [0.1, 0.15) is 71.1 Å². The number of ether oxygens (including phenoxy) is 1. The van der Waals surface area contributed by atoms with E-state index in [9.17, 15) is 0 Å². The summed E-state index contributed by atoms with van der Waals surface area (Å²) >= 11 is 0. The molecule has 0 radical (unpaired) electrons. The summed E-state index contributed by atoms with van der Waals surface area (Å²) in [7, 11) is 0. The molecular weight excluding hydrogens is 302 g/mol. The van der Waals surface area contributed by atoms with Crippen molar-refractivity contribution in [1.82, 2.24) is 4.90 Å². The van der Waals surface area contributed by atoms with Crippen LogP contribution in [0.5, 0.6) is 0 Å². The molecule has 0 aliphatic carbocycles. The third-order valence-corrected chi connectivity index (χ3v) is 3.93. The van der Waals surface area contributed by atoms with Crippen molar-refractivity contribution in [3.63, 3.8) is 0 Å². The standard InChI is InChI=1S/C16H33NO.BrH/c1-2-3-4-5-6-7-8-9-10-11-12-17-13-15-18-16-14-17;/h2-16H2,1H3;1H. The van der Waals surface area contributed by atoms with Crippen LogP contribution in [0.3, 0.4) is 0 Å². The first kappa shape index (κ1) is 19.4. The van der Waals surface area contributed by atoms with Crippen LogP contribution in [0, 0.1) is 0 Å². The highest BCUT2D eigenvalue weighted by Crippen LogP contribution is 2.11. The predicted molar refractivity (Wildman–Crippen MR) is 89.4 cm³/mol. The first-order valence-corrected chi connectivity index (χ1v) is 8.23. The van der Waals surface area contributed by atoms with E-state index in [1.807, 2.05) is 0 Å². The zero-order chi connectivity index (χ0) is 12.9. The largest absolute Gasteiger partial charge is 0.379 e. The second-order valence-electron chi connectivity index (χ2n) is 5.64. The van der Waals surface area contributed by atoms with Gasteiger partial charge in [-0.3, -0.25) is 4.90 Å². The molecule has 0 aromatic rings. The van der Waals surface area contributed by atoms with E-state index in [1.54, 1.807) is 0 Å². The van der Waals surface area contributed by atoms with Crippen LogP contribution < -0.4 is 0 Å². The Balaban J connectivity index is 0.00000324. The molecule has 1 aliphatic rings. The van der Waals surface area contributed by atoms with Gasteiger partial charge >= 0.3 is 0 Å². The lowest BCUT2D eigenvalue weighted by atomic mass is 10.1. The lowest BCUT2D eigenvalue weighted by Gasteiger charge is -2.26. The Morgan fingerprint density at radius 1 is 0.737 bits per heavy atom. The van der Waals surface area contributed by atoms with Crippen molar-refractivity contribution in [3.05, 3.63) is 0 Å². The van der Waals surface area contributed by atoms with Gasteiger partial charge in [0, 0.05) is 13.1 Å². The predicted octanol–water partition coefficient (Wildman–Crippen LogP) is 4.82. The fourth-order valence-electron chi connectivity index (χ4n) is 2.65. The van der Waals surface area contributed by atoms with Gasteiger partial charge in [-0.1, -0.05) is 64.7 Å². The lowest BCUT2D eigenvalue weighted by Crippen LogP contribution is -2.36. The maximum atomic E-state index is 5.36. The molecule has 1 aliphatic heterocycles. The molecule has 0 aromatic carbocycles. The number of nitrogens with zero attached hydrogens (tertiary/aromatic N) is 1. The molecule has 1 fully saturated rings. The summed E-state index contributed by atoms with van der Waals surface area (Å²) in [6.45, 7) is 7.76. The van der Waals surface area contributed by atoms with E-state index in [0.29, 0.717) is 0 Å². The topological polar surface area (TPSA) is 12.5 Å². The summed E-state index contributed by atoms with van der Waals surface area (Å²) in [6, 6.07) is 0. The molecule has 3 heteroatoms. The molecule has 19 heavy (non-hydrogen) atoms. The van der Waals surface area contributed by atoms with Crippen molar-refractivity contribution >= 4 is 17.0 Å². The molecule has 1 heterocycles. The number of hydrogen-bond acceptors (Lipinski definition) is 2. The van der Waals surface area contributed by atoms with Gasteiger partial charge in [0.15, 0.2) is 0 Å². The number of halogens is 1. The minimum absolute atomic E-state index is 0. The zero-order valence-corrected chi connectivity index (χ0v) is 14.6. The smallest absolute Gasteiger partial charge is 0.0594 e. The number of unbranched alkanes of at least 4 members (excludes halogenated alkanes) is 9. The lowest BCUT2D eigenvalue weighted by molar-refractivity contribution is 0.0371.